The number of allylic oxidation sites excluding steroid dienone is 1. The second-order valence-corrected chi connectivity index (χ2v) is 10.3. The number of carbonyl (C=O) groups excluding carboxylic acids is 1. The first-order chi connectivity index (χ1) is 18.4. The summed E-state index contributed by atoms with van der Waals surface area (Å²) in [5.74, 6) is 2.34. The molecule has 2 aromatic carbocycles. The molecule has 1 aliphatic rings. The first kappa shape index (κ1) is 27.6. The quantitative estimate of drug-likeness (QED) is 0.164. The fourth-order valence-electron chi connectivity index (χ4n) is 4.28. The van der Waals surface area contributed by atoms with Crippen LogP contribution in [-0.2, 0) is 16.1 Å². The molecule has 1 aliphatic heterocycles. The number of carbonyl (C=O) groups is 1. The van der Waals surface area contributed by atoms with Crippen molar-refractivity contribution in [3.63, 3.8) is 0 Å². The summed E-state index contributed by atoms with van der Waals surface area (Å²) < 4.78 is 19.2. The van der Waals surface area contributed by atoms with E-state index in [-0.39, 0.29) is 5.97 Å². The smallest absolute Gasteiger partial charge is 0.338 e. The van der Waals surface area contributed by atoms with E-state index in [1.54, 1.807) is 23.6 Å². The molecule has 1 unspecified atom stereocenters. The number of anilines is 1. The van der Waals surface area contributed by atoms with Crippen LogP contribution in [0.1, 0.15) is 62.8 Å². The van der Waals surface area contributed by atoms with Crippen molar-refractivity contribution in [2.45, 2.75) is 64.8 Å². The highest BCUT2D eigenvalue weighted by Crippen LogP contribution is 2.40. The molecular weight excluding hydrogens is 500 g/mol. The highest BCUT2D eigenvalue weighted by molar-refractivity contribution is 7.99. The molecule has 1 aromatic heterocycles. The molecule has 1 N–H and O–H groups in total. The van der Waals surface area contributed by atoms with Crippen LogP contribution in [0.4, 0.5) is 5.95 Å². The second kappa shape index (κ2) is 12.9. The van der Waals surface area contributed by atoms with Crippen LogP contribution in [0.25, 0.3) is 0 Å². The lowest BCUT2D eigenvalue weighted by Gasteiger charge is -2.28. The molecule has 0 saturated heterocycles. The van der Waals surface area contributed by atoms with Crippen LogP contribution in [0.15, 0.2) is 58.9 Å². The number of rotatable bonds is 12. The van der Waals surface area contributed by atoms with Crippen molar-refractivity contribution in [3.05, 3.63) is 70.4 Å². The minimum absolute atomic E-state index is 0.365. The Morgan fingerprint density at radius 3 is 2.68 bits per heavy atom. The van der Waals surface area contributed by atoms with Gasteiger partial charge >= 0.3 is 5.97 Å². The summed E-state index contributed by atoms with van der Waals surface area (Å²) in [5.41, 5.74) is 4.28. The summed E-state index contributed by atoms with van der Waals surface area (Å²) in [4.78, 5) is 18.0. The summed E-state index contributed by atoms with van der Waals surface area (Å²) in [7, 11) is 1.61. The number of nitrogens with zero attached hydrogens (tertiary/aromatic N) is 3. The number of aromatic nitrogens is 3. The molecule has 1 atom stereocenters. The van der Waals surface area contributed by atoms with E-state index in [4.69, 9.17) is 19.3 Å². The Morgan fingerprint density at radius 2 is 1.95 bits per heavy atom. The third-order valence-electron chi connectivity index (χ3n) is 6.20. The van der Waals surface area contributed by atoms with Crippen molar-refractivity contribution < 1.29 is 19.0 Å². The maximum absolute atomic E-state index is 13.3. The molecule has 0 radical (unpaired) electrons. The molecule has 9 heteroatoms. The van der Waals surface area contributed by atoms with E-state index in [1.165, 1.54) is 5.56 Å². The third kappa shape index (κ3) is 6.32. The highest BCUT2D eigenvalue weighted by Gasteiger charge is 2.35. The predicted molar refractivity (Wildman–Crippen MR) is 150 cm³/mol. The van der Waals surface area contributed by atoms with Gasteiger partial charge in [-0.05, 0) is 49.9 Å². The van der Waals surface area contributed by atoms with Gasteiger partial charge < -0.3 is 19.5 Å². The fraction of sp³-hybridized carbons (Fsp3) is 0.414. The lowest BCUT2D eigenvalue weighted by Crippen LogP contribution is -2.29. The third-order valence-corrected chi connectivity index (χ3v) is 7.24. The van der Waals surface area contributed by atoms with E-state index in [0.29, 0.717) is 47.1 Å². The van der Waals surface area contributed by atoms with Gasteiger partial charge in [0.1, 0.15) is 12.6 Å². The van der Waals surface area contributed by atoms with Gasteiger partial charge in [-0.1, -0.05) is 67.9 Å². The fourth-order valence-corrected chi connectivity index (χ4v) is 4.97. The molecule has 0 fully saturated rings. The number of fused-ring (bicyclic) bond motifs is 1. The van der Waals surface area contributed by atoms with E-state index in [0.717, 1.165) is 36.1 Å². The van der Waals surface area contributed by atoms with Crippen LogP contribution in [0.3, 0.4) is 0 Å². The van der Waals surface area contributed by atoms with Gasteiger partial charge in [-0.15, -0.1) is 5.10 Å². The number of thioether (sulfide) groups is 1. The topological polar surface area (TPSA) is 87.5 Å². The summed E-state index contributed by atoms with van der Waals surface area (Å²) in [6.07, 6.45) is 2.77. The molecule has 0 spiro atoms. The second-order valence-electron chi connectivity index (χ2n) is 9.25. The van der Waals surface area contributed by atoms with Gasteiger partial charge in [0.15, 0.2) is 11.5 Å². The Balaban J connectivity index is 1.69. The summed E-state index contributed by atoms with van der Waals surface area (Å²) in [6.45, 7) is 8.91. The first-order valence-electron chi connectivity index (χ1n) is 13.1. The van der Waals surface area contributed by atoms with Crippen molar-refractivity contribution >= 4 is 23.7 Å². The number of hydrogen-bond donors (Lipinski definition) is 1. The molecule has 0 saturated carbocycles. The van der Waals surface area contributed by atoms with Crippen LogP contribution in [0.5, 0.6) is 11.5 Å². The molecule has 4 rings (SSSR count). The lowest BCUT2D eigenvalue weighted by atomic mass is 9.95. The van der Waals surface area contributed by atoms with Gasteiger partial charge in [0.2, 0.25) is 11.1 Å². The van der Waals surface area contributed by atoms with Crippen molar-refractivity contribution in [2.24, 2.45) is 0 Å². The van der Waals surface area contributed by atoms with Gasteiger partial charge in [-0.25, -0.2) is 9.48 Å². The van der Waals surface area contributed by atoms with Gasteiger partial charge in [-0.3, -0.25) is 0 Å². The minimum Gasteiger partial charge on any atom is -0.493 e. The normalized spacial score (nSPS) is 14.6. The van der Waals surface area contributed by atoms with E-state index >= 15 is 0 Å². The molecule has 8 nitrogen and oxygen atoms in total. The first-order valence-corrected chi connectivity index (χ1v) is 14.0. The Morgan fingerprint density at radius 1 is 1.11 bits per heavy atom. The molecule has 3 aromatic rings. The van der Waals surface area contributed by atoms with Gasteiger partial charge in [0.25, 0.3) is 0 Å². The Hall–Kier alpha value is -3.46. The van der Waals surface area contributed by atoms with Crippen molar-refractivity contribution in [1.29, 1.82) is 0 Å². The van der Waals surface area contributed by atoms with E-state index < -0.39 is 6.04 Å². The molecule has 0 aliphatic carbocycles. The summed E-state index contributed by atoms with van der Waals surface area (Å²) in [6, 6.07) is 13.4. The maximum Gasteiger partial charge on any atom is 0.338 e. The molecule has 0 bridgehead atoms. The summed E-state index contributed by atoms with van der Waals surface area (Å²) in [5, 5.41) is 8.69. The van der Waals surface area contributed by atoms with E-state index in [1.807, 2.05) is 37.3 Å². The van der Waals surface area contributed by atoms with Crippen LogP contribution >= 0.6 is 11.8 Å². The number of benzene rings is 2. The lowest BCUT2D eigenvalue weighted by molar-refractivity contribution is -0.139. The van der Waals surface area contributed by atoms with Gasteiger partial charge in [0.05, 0.1) is 19.3 Å². The minimum atomic E-state index is -0.524. The predicted octanol–water partition coefficient (Wildman–Crippen LogP) is 6.31. The standard InChI is InChI=1S/C29H36N4O4S/c1-6-8-14-36-27(34)25-20(4)30-28-31-29(38-15-7-2)32-33(28)26(25)22-12-13-23(24(17-22)35-5)37-18-21-11-9-10-19(3)16-21/h9-13,16-17,26H,6-8,14-15,18H2,1-5H3,(H,30,31,32). The van der Waals surface area contributed by atoms with Crippen molar-refractivity contribution in [2.75, 3.05) is 24.8 Å². The molecule has 0 amide bonds. The zero-order valence-corrected chi connectivity index (χ0v) is 23.6. The molecule has 202 valence electrons. The van der Waals surface area contributed by atoms with Crippen LogP contribution in [0.2, 0.25) is 0 Å². The number of unbranched alkanes of at least 4 members (excludes halogenated alkanes) is 1. The molecule has 2 heterocycles. The zero-order valence-electron chi connectivity index (χ0n) is 22.7. The van der Waals surface area contributed by atoms with Gasteiger partial charge in [0, 0.05) is 11.4 Å². The number of ether oxygens (including phenoxy) is 3. The maximum atomic E-state index is 13.3. The van der Waals surface area contributed by atoms with E-state index in [9.17, 15) is 4.79 Å². The monoisotopic (exact) mass is 536 g/mol. The SMILES string of the molecule is CCCCOC(=O)C1=C(C)Nc2nc(SCCC)nn2C1c1ccc(OCc2cccc(C)c2)c(OC)c1. The highest BCUT2D eigenvalue weighted by atomic mass is 32.2. The average Bonchev–Trinajstić information content (AvgIpc) is 3.32. The largest absolute Gasteiger partial charge is 0.493 e. The van der Waals surface area contributed by atoms with E-state index in [2.05, 4.69) is 43.2 Å². The number of hydrogen-bond acceptors (Lipinski definition) is 8. The zero-order chi connectivity index (χ0) is 27.1. The Labute approximate surface area is 228 Å². The molecular formula is C29H36N4O4S. The van der Waals surface area contributed by atoms with Gasteiger partial charge in [-0.2, -0.15) is 4.98 Å². The summed E-state index contributed by atoms with van der Waals surface area (Å²) >= 11 is 1.59. The molecule has 38 heavy (non-hydrogen) atoms. The number of nitrogens with one attached hydrogen (secondary N) is 1. The Bertz CT molecular complexity index is 1300. The Kier molecular flexibility index (Phi) is 9.33. The van der Waals surface area contributed by atoms with Crippen molar-refractivity contribution in [1.82, 2.24) is 14.8 Å². The van der Waals surface area contributed by atoms with Crippen LogP contribution in [-0.4, -0.2) is 40.2 Å². The number of methoxy groups -OCH3 is 1. The average molecular weight is 537 g/mol. The number of esters is 1. The van der Waals surface area contributed by atoms with Crippen LogP contribution in [0, 0.1) is 6.92 Å². The van der Waals surface area contributed by atoms with Crippen LogP contribution < -0.4 is 14.8 Å². The van der Waals surface area contributed by atoms with Crippen molar-refractivity contribution in [3.8, 4) is 11.5 Å². The number of aryl methyl sites for hydroxylation is 1.